The highest BCUT2D eigenvalue weighted by Crippen LogP contribution is 2.44. The van der Waals surface area contributed by atoms with E-state index in [0.717, 1.165) is 6.92 Å². The van der Waals surface area contributed by atoms with Crippen molar-refractivity contribution >= 4 is 29.7 Å². The van der Waals surface area contributed by atoms with Crippen LogP contribution in [0.3, 0.4) is 0 Å². The summed E-state index contributed by atoms with van der Waals surface area (Å²) < 4.78 is 27.5. The van der Waals surface area contributed by atoms with Crippen molar-refractivity contribution in [2.45, 2.75) is 58.5 Å². The van der Waals surface area contributed by atoms with Gasteiger partial charge in [-0.15, -0.1) is 0 Å². The first kappa shape index (κ1) is 24.9. The fourth-order valence-electron chi connectivity index (χ4n) is 4.06. The Morgan fingerprint density at radius 1 is 1.18 bits per heavy atom. The lowest BCUT2D eigenvalue weighted by Gasteiger charge is -2.38. The summed E-state index contributed by atoms with van der Waals surface area (Å²) >= 11 is 0. The summed E-state index contributed by atoms with van der Waals surface area (Å²) in [6, 6.07) is 0. The van der Waals surface area contributed by atoms with Crippen LogP contribution in [0.4, 0.5) is 0 Å². The maximum Gasteiger partial charge on any atom is 0.337 e. The monoisotopic (exact) mass is 474 g/mol. The Hall–Kier alpha value is -3.69. The van der Waals surface area contributed by atoms with E-state index in [4.69, 9.17) is 23.7 Å². The number of hydrogen-bond donors (Lipinski definition) is 0. The van der Waals surface area contributed by atoms with Gasteiger partial charge in [-0.3, -0.25) is 14.4 Å². The number of ketones is 1. The molecule has 0 aromatic heterocycles. The lowest BCUT2D eigenvalue weighted by molar-refractivity contribution is -0.193. The molecule has 3 aliphatic rings. The predicted molar refractivity (Wildman–Crippen MR) is 115 cm³/mol. The van der Waals surface area contributed by atoms with E-state index < -0.39 is 59.5 Å². The predicted octanol–water partition coefficient (Wildman–Crippen LogP) is 1.64. The van der Waals surface area contributed by atoms with Gasteiger partial charge in [0, 0.05) is 25.5 Å². The van der Waals surface area contributed by atoms with Crippen LogP contribution in [0, 0.1) is 5.92 Å². The smallest absolute Gasteiger partial charge is 0.337 e. The molecule has 10 nitrogen and oxygen atoms in total. The molecule has 3 aliphatic heterocycles. The maximum atomic E-state index is 13.1. The van der Waals surface area contributed by atoms with E-state index in [1.807, 2.05) is 0 Å². The van der Waals surface area contributed by atoms with Gasteiger partial charge in [-0.25, -0.2) is 9.59 Å². The largest absolute Gasteiger partial charge is 0.475 e. The van der Waals surface area contributed by atoms with E-state index in [1.165, 1.54) is 26.0 Å². The minimum atomic E-state index is -1.76. The molecule has 5 atom stereocenters. The SMILES string of the molecule is C=C1C(=O)OC2C=C(C)C3=CC(=O)C(C)(O3)C(OC(C)=O)C(OC(=O)C(=CC)COC(C)=O)C12. The van der Waals surface area contributed by atoms with Crippen LogP contribution >= 0.6 is 0 Å². The molecule has 5 unspecified atom stereocenters. The van der Waals surface area contributed by atoms with Gasteiger partial charge in [0.05, 0.1) is 11.5 Å². The van der Waals surface area contributed by atoms with Crippen LogP contribution < -0.4 is 0 Å². The van der Waals surface area contributed by atoms with Crippen LogP contribution in [0.2, 0.25) is 0 Å². The second-order valence-corrected chi connectivity index (χ2v) is 8.35. The van der Waals surface area contributed by atoms with Crippen molar-refractivity contribution in [3.8, 4) is 0 Å². The van der Waals surface area contributed by atoms with E-state index in [9.17, 15) is 24.0 Å². The molecule has 2 bridgehead atoms. The van der Waals surface area contributed by atoms with Crippen molar-refractivity contribution in [2.24, 2.45) is 5.92 Å². The highest BCUT2D eigenvalue weighted by Gasteiger charge is 2.59. The summed E-state index contributed by atoms with van der Waals surface area (Å²) in [7, 11) is 0. The Morgan fingerprint density at radius 3 is 2.44 bits per heavy atom. The number of rotatable bonds is 5. The number of esters is 4. The standard InChI is InChI=1S/C24H26O10/c1-7-15(10-30-13(4)25)23(29)33-20-19-12(3)22(28)32-17(19)8-11(2)16-9-18(27)24(6,34-16)21(20)31-14(5)26/h7-9,17,19-21H,3,10H2,1-2,4-6H3. The summed E-state index contributed by atoms with van der Waals surface area (Å²) in [6.45, 7) is 10.4. The normalized spacial score (nSPS) is 30.5. The molecule has 0 saturated carbocycles. The number of carbonyl (C=O) groups is 5. The zero-order chi connectivity index (χ0) is 25.4. The first-order chi connectivity index (χ1) is 15.9. The molecule has 182 valence electrons. The van der Waals surface area contributed by atoms with Gasteiger partial charge in [0.1, 0.15) is 18.5 Å². The fourth-order valence-corrected chi connectivity index (χ4v) is 4.06. The Kier molecular flexibility index (Phi) is 6.81. The van der Waals surface area contributed by atoms with Crippen molar-refractivity contribution in [3.63, 3.8) is 0 Å². The zero-order valence-corrected chi connectivity index (χ0v) is 19.5. The lowest BCUT2D eigenvalue weighted by atomic mass is 9.80. The van der Waals surface area contributed by atoms with Crippen molar-refractivity contribution in [3.05, 3.63) is 47.3 Å². The first-order valence-electron chi connectivity index (χ1n) is 10.6. The molecule has 10 heteroatoms. The van der Waals surface area contributed by atoms with Gasteiger partial charge in [0.2, 0.25) is 11.4 Å². The van der Waals surface area contributed by atoms with Crippen LogP contribution in [0.1, 0.15) is 34.6 Å². The van der Waals surface area contributed by atoms with Gasteiger partial charge >= 0.3 is 23.9 Å². The van der Waals surface area contributed by atoms with E-state index in [0.29, 0.717) is 5.57 Å². The van der Waals surface area contributed by atoms with Crippen molar-refractivity contribution in [2.75, 3.05) is 6.61 Å². The average molecular weight is 474 g/mol. The van der Waals surface area contributed by atoms with Crippen LogP contribution in [-0.2, 0) is 47.7 Å². The van der Waals surface area contributed by atoms with Gasteiger partial charge < -0.3 is 23.7 Å². The van der Waals surface area contributed by atoms with Gasteiger partial charge in [-0.1, -0.05) is 12.7 Å². The third-order valence-corrected chi connectivity index (χ3v) is 5.91. The fraction of sp³-hybridized carbons (Fsp3) is 0.458. The summed E-state index contributed by atoms with van der Waals surface area (Å²) in [5, 5.41) is 0. The zero-order valence-electron chi connectivity index (χ0n) is 19.5. The second kappa shape index (κ2) is 9.28. The molecule has 0 spiro atoms. The first-order valence-corrected chi connectivity index (χ1v) is 10.6. The van der Waals surface area contributed by atoms with E-state index in [-0.39, 0.29) is 23.5 Å². The number of hydrogen-bond acceptors (Lipinski definition) is 10. The molecule has 0 aliphatic carbocycles. The number of ether oxygens (including phenoxy) is 5. The molecule has 0 radical (unpaired) electrons. The summed E-state index contributed by atoms with van der Waals surface area (Å²) in [6.07, 6.45) is 0.424. The Labute approximate surface area is 196 Å². The molecule has 0 aromatic carbocycles. The van der Waals surface area contributed by atoms with E-state index in [1.54, 1.807) is 19.9 Å². The minimum absolute atomic E-state index is 0.00147. The maximum absolute atomic E-state index is 13.1. The highest BCUT2D eigenvalue weighted by atomic mass is 16.6. The van der Waals surface area contributed by atoms with Crippen LogP contribution in [0.25, 0.3) is 0 Å². The molecular weight excluding hydrogens is 448 g/mol. The van der Waals surface area contributed by atoms with Crippen molar-refractivity contribution < 1.29 is 47.7 Å². The van der Waals surface area contributed by atoms with Gasteiger partial charge in [-0.05, 0) is 32.4 Å². The third-order valence-electron chi connectivity index (χ3n) is 5.91. The minimum Gasteiger partial charge on any atom is -0.475 e. The molecule has 3 heterocycles. The quantitative estimate of drug-likeness (QED) is 0.329. The summed E-state index contributed by atoms with van der Waals surface area (Å²) in [4.78, 5) is 61.8. The van der Waals surface area contributed by atoms with E-state index in [2.05, 4.69) is 6.58 Å². The molecule has 1 saturated heterocycles. The average Bonchev–Trinajstić information content (AvgIpc) is 3.21. The second-order valence-electron chi connectivity index (χ2n) is 8.35. The summed E-state index contributed by atoms with van der Waals surface area (Å²) in [5.41, 5.74) is -1.27. The molecule has 3 rings (SSSR count). The molecule has 0 amide bonds. The Morgan fingerprint density at radius 2 is 1.85 bits per heavy atom. The number of allylic oxidation sites excluding steroid dienone is 2. The number of fused-ring (bicyclic) bond motifs is 3. The Balaban J connectivity index is 2.12. The molecular formula is C24H26O10. The van der Waals surface area contributed by atoms with Crippen molar-refractivity contribution in [1.29, 1.82) is 0 Å². The van der Waals surface area contributed by atoms with Crippen LogP contribution in [0.15, 0.2) is 47.3 Å². The lowest BCUT2D eigenvalue weighted by Crippen LogP contribution is -2.57. The highest BCUT2D eigenvalue weighted by molar-refractivity contribution is 6.01. The molecule has 34 heavy (non-hydrogen) atoms. The molecule has 0 N–H and O–H groups in total. The van der Waals surface area contributed by atoms with Crippen LogP contribution in [0.5, 0.6) is 0 Å². The van der Waals surface area contributed by atoms with Gasteiger partial charge in [0.25, 0.3) is 0 Å². The summed E-state index contributed by atoms with van der Waals surface area (Å²) in [5.74, 6) is -4.27. The Bertz CT molecular complexity index is 1060. The van der Waals surface area contributed by atoms with E-state index >= 15 is 0 Å². The third kappa shape index (κ3) is 4.52. The van der Waals surface area contributed by atoms with Gasteiger partial charge in [-0.2, -0.15) is 0 Å². The topological polar surface area (TPSA) is 132 Å². The van der Waals surface area contributed by atoms with Crippen molar-refractivity contribution in [1.82, 2.24) is 0 Å². The van der Waals surface area contributed by atoms with Gasteiger partial charge in [0.15, 0.2) is 12.2 Å². The number of carbonyl (C=O) groups excluding carboxylic acids is 5. The van der Waals surface area contributed by atoms with Crippen LogP contribution in [-0.4, -0.2) is 60.2 Å². The molecule has 0 aromatic rings. The molecule has 1 fully saturated rings.